The highest BCUT2D eigenvalue weighted by molar-refractivity contribution is 7.92. The molecule has 0 saturated heterocycles. The molecule has 4 rings (SSSR count). The zero-order valence-corrected chi connectivity index (χ0v) is 19.3. The fourth-order valence-corrected chi connectivity index (χ4v) is 4.48. The average molecular weight is 467 g/mol. The maximum absolute atomic E-state index is 12.1. The van der Waals surface area contributed by atoms with E-state index in [1.807, 2.05) is 42.5 Å². The molecular weight excluding hydrogens is 440 g/mol. The zero-order valence-electron chi connectivity index (χ0n) is 18.5. The highest BCUT2D eigenvalue weighted by Gasteiger charge is 2.43. The number of carbonyl (C=O) groups excluding carboxylic acids is 1. The van der Waals surface area contributed by atoms with Crippen molar-refractivity contribution in [2.24, 2.45) is 5.73 Å². The molecule has 4 N–H and O–H groups in total. The minimum absolute atomic E-state index is 0.0427. The van der Waals surface area contributed by atoms with Gasteiger partial charge in [0.2, 0.25) is 0 Å². The van der Waals surface area contributed by atoms with E-state index in [0.717, 1.165) is 46.7 Å². The van der Waals surface area contributed by atoms with Crippen molar-refractivity contribution in [1.29, 1.82) is 0 Å². The number of benzene rings is 2. The molecule has 1 amide bonds. The Balaban J connectivity index is 1.50. The van der Waals surface area contributed by atoms with E-state index in [0.29, 0.717) is 0 Å². The first kappa shape index (κ1) is 23.0. The maximum atomic E-state index is 12.1. The predicted molar refractivity (Wildman–Crippen MR) is 125 cm³/mol. The van der Waals surface area contributed by atoms with E-state index in [4.69, 9.17) is 10.9 Å². The molecule has 8 nitrogen and oxygen atoms in total. The van der Waals surface area contributed by atoms with Crippen molar-refractivity contribution in [3.8, 4) is 11.8 Å². The smallest absolute Gasteiger partial charge is 0.264 e. The van der Waals surface area contributed by atoms with E-state index < -0.39 is 20.5 Å². The van der Waals surface area contributed by atoms with Crippen LogP contribution in [0.15, 0.2) is 48.7 Å². The quantitative estimate of drug-likeness (QED) is 0.290. The van der Waals surface area contributed by atoms with E-state index in [-0.39, 0.29) is 18.5 Å². The van der Waals surface area contributed by atoms with Crippen LogP contribution in [0.5, 0.6) is 0 Å². The van der Waals surface area contributed by atoms with Crippen molar-refractivity contribution in [3.05, 3.63) is 65.4 Å². The van der Waals surface area contributed by atoms with Gasteiger partial charge in [0.05, 0.1) is 5.52 Å². The zero-order chi connectivity index (χ0) is 23.9. The highest BCUT2D eigenvalue weighted by atomic mass is 32.2. The van der Waals surface area contributed by atoms with E-state index in [9.17, 15) is 13.2 Å². The van der Waals surface area contributed by atoms with E-state index >= 15 is 0 Å². The summed E-state index contributed by atoms with van der Waals surface area (Å²) in [6, 6.07) is 13.7. The molecule has 2 aromatic carbocycles. The first-order valence-electron chi connectivity index (χ1n) is 10.6. The van der Waals surface area contributed by atoms with Crippen LogP contribution in [0.1, 0.15) is 42.9 Å². The van der Waals surface area contributed by atoms with Gasteiger partial charge < -0.3 is 5.73 Å². The molecule has 1 aromatic heterocycles. The van der Waals surface area contributed by atoms with Crippen molar-refractivity contribution in [3.63, 3.8) is 0 Å². The molecule has 172 valence electrons. The third-order valence-corrected chi connectivity index (χ3v) is 8.40. The minimum Gasteiger partial charge on any atom is -0.321 e. The minimum atomic E-state index is -3.76. The summed E-state index contributed by atoms with van der Waals surface area (Å²) >= 11 is 0. The number of nitrogens with two attached hydrogens (primary N) is 1. The second-order valence-electron chi connectivity index (χ2n) is 8.84. The van der Waals surface area contributed by atoms with Gasteiger partial charge in [-0.1, -0.05) is 24.0 Å². The van der Waals surface area contributed by atoms with Gasteiger partial charge in [0.1, 0.15) is 0 Å². The lowest BCUT2D eigenvalue weighted by Crippen LogP contribution is -2.49. The Labute approximate surface area is 192 Å². The molecular formula is C24H26N4O4S. The molecule has 1 aliphatic rings. The Kier molecular flexibility index (Phi) is 5.78. The number of fused-ring (bicyclic) bond motifs is 1. The second kappa shape index (κ2) is 8.30. The summed E-state index contributed by atoms with van der Waals surface area (Å²) in [6.45, 7) is 1.47. The van der Waals surface area contributed by atoms with E-state index in [1.165, 1.54) is 12.4 Å². The van der Waals surface area contributed by atoms with Gasteiger partial charge >= 0.3 is 0 Å². The van der Waals surface area contributed by atoms with Gasteiger partial charge in [-0.3, -0.25) is 14.7 Å². The number of sulfone groups is 1. The van der Waals surface area contributed by atoms with Gasteiger partial charge in [-0.15, -0.1) is 0 Å². The second-order valence-corrected chi connectivity index (χ2v) is 11.3. The number of nitrogens with zero attached hydrogens (tertiary/aromatic N) is 2. The van der Waals surface area contributed by atoms with Crippen LogP contribution >= 0.6 is 0 Å². The van der Waals surface area contributed by atoms with Crippen molar-refractivity contribution < 1.29 is 18.4 Å². The SMILES string of the molecule is C[C@@](CCn1cc2cc(C#Cc3ccc(C4(N)CC4)cc3)ccc2n1)(C(=O)NO)S(C)(=O)=O. The standard InChI is InChI=1S/C24H26N4O4S/c1-23(22(29)27-30,33(2,31)32)13-14-28-16-19-15-18(7-10-21(19)26-28)4-3-17-5-8-20(9-6-17)24(25)11-12-24/h5-10,15-16,30H,11-14,25H2,1-2H3,(H,27,29)/t23-/m1/s1. The molecule has 0 radical (unpaired) electrons. The predicted octanol–water partition coefficient (Wildman–Crippen LogP) is 2.08. The topological polar surface area (TPSA) is 127 Å². The molecule has 9 heteroatoms. The summed E-state index contributed by atoms with van der Waals surface area (Å²) in [5.74, 6) is 5.35. The summed E-state index contributed by atoms with van der Waals surface area (Å²) in [4.78, 5) is 12.0. The Bertz CT molecular complexity index is 1380. The molecule has 0 aliphatic heterocycles. The number of aryl methyl sites for hydroxylation is 1. The largest absolute Gasteiger partial charge is 0.321 e. The van der Waals surface area contributed by atoms with Crippen LogP contribution in [0.2, 0.25) is 0 Å². The van der Waals surface area contributed by atoms with Gasteiger partial charge in [0.25, 0.3) is 5.91 Å². The number of rotatable bonds is 6. The molecule has 33 heavy (non-hydrogen) atoms. The molecule has 3 aromatic rings. The molecule has 1 aliphatic carbocycles. The third kappa shape index (κ3) is 4.64. The Morgan fingerprint density at radius 3 is 2.45 bits per heavy atom. The average Bonchev–Trinajstić information content (AvgIpc) is 3.40. The Hall–Kier alpha value is -3.19. The normalized spacial score (nSPS) is 16.5. The molecule has 1 heterocycles. The fraction of sp³-hybridized carbons (Fsp3) is 0.333. The van der Waals surface area contributed by atoms with Gasteiger partial charge in [0, 0.05) is 41.0 Å². The lowest BCUT2D eigenvalue weighted by Gasteiger charge is -2.24. The van der Waals surface area contributed by atoms with Crippen LogP contribution in [-0.4, -0.2) is 40.3 Å². The van der Waals surface area contributed by atoms with E-state index in [2.05, 4.69) is 16.9 Å². The summed E-state index contributed by atoms with van der Waals surface area (Å²) < 4.78 is 24.1. The summed E-state index contributed by atoms with van der Waals surface area (Å²) in [5, 5.41) is 14.3. The van der Waals surface area contributed by atoms with E-state index in [1.54, 1.807) is 10.9 Å². The lowest BCUT2D eigenvalue weighted by atomic mass is 10.0. The monoisotopic (exact) mass is 466 g/mol. The maximum Gasteiger partial charge on any atom is 0.264 e. The summed E-state index contributed by atoms with van der Waals surface area (Å²) in [6.07, 6.45) is 4.76. The molecule has 1 saturated carbocycles. The molecule has 0 spiro atoms. The number of hydrogen-bond donors (Lipinski definition) is 3. The molecule has 1 fully saturated rings. The first-order valence-corrected chi connectivity index (χ1v) is 12.5. The summed E-state index contributed by atoms with van der Waals surface area (Å²) in [7, 11) is -3.76. The number of hydroxylamine groups is 1. The van der Waals surface area contributed by atoms with Crippen molar-refractivity contribution >= 4 is 26.6 Å². The van der Waals surface area contributed by atoms with Crippen molar-refractivity contribution in [2.45, 2.75) is 43.0 Å². The highest BCUT2D eigenvalue weighted by Crippen LogP contribution is 2.42. The number of hydrogen-bond acceptors (Lipinski definition) is 6. The van der Waals surface area contributed by atoms with Crippen LogP contribution in [0.3, 0.4) is 0 Å². The van der Waals surface area contributed by atoms with Crippen LogP contribution in [0.25, 0.3) is 10.9 Å². The van der Waals surface area contributed by atoms with Crippen LogP contribution in [-0.2, 0) is 26.7 Å². The van der Waals surface area contributed by atoms with Gasteiger partial charge in [0.15, 0.2) is 14.6 Å². The van der Waals surface area contributed by atoms with Crippen molar-refractivity contribution in [1.82, 2.24) is 15.3 Å². The number of nitrogens with one attached hydrogen (secondary N) is 1. The third-order valence-electron chi connectivity index (χ3n) is 6.37. The summed E-state index contributed by atoms with van der Waals surface area (Å²) in [5.41, 5.74) is 11.1. The van der Waals surface area contributed by atoms with Crippen LogP contribution < -0.4 is 11.2 Å². The van der Waals surface area contributed by atoms with Crippen molar-refractivity contribution in [2.75, 3.05) is 6.26 Å². The van der Waals surface area contributed by atoms with Gasteiger partial charge in [-0.25, -0.2) is 13.9 Å². The van der Waals surface area contributed by atoms with Crippen LogP contribution in [0.4, 0.5) is 0 Å². The number of aromatic nitrogens is 2. The molecule has 1 atom stereocenters. The molecule has 0 bridgehead atoms. The van der Waals surface area contributed by atoms with Gasteiger partial charge in [-0.05, 0) is 62.1 Å². The fourth-order valence-electron chi connectivity index (χ4n) is 3.64. The van der Waals surface area contributed by atoms with Gasteiger partial charge in [-0.2, -0.15) is 5.10 Å². The Morgan fingerprint density at radius 2 is 1.85 bits per heavy atom. The number of amides is 1. The number of carbonyl (C=O) groups is 1. The Morgan fingerprint density at radius 1 is 1.21 bits per heavy atom. The molecule has 0 unspecified atom stereocenters. The van der Waals surface area contributed by atoms with Crippen LogP contribution in [0, 0.1) is 11.8 Å². The first-order chi connectivity index (χ1) is 15.5. The lowest BCUT2D eigenvalue weighted by molar-refractivity contribution is -0.131.